The third kappa shape index (κ3) is 4.24. The summed E-state index contributed by atoms with van der Waals surface area (Å²) >= 11 is 4.14. The molecule has 1 unspecified atom stereocenters. The van der Waals surface area contributed by atoms with E-state index >= 15 is 0 Å². The molecule has 0 saturated carbocycles. The maximum atomic E-state index is 13.0. The smallest absolute Gasteiger partial charge is 0.352 e. The lowest BCUT2D eigenvalue weighted by molar-refractivity contribution is -0.687. The number of thiophene rings is 1. The lowest BCUT2D eigenvalue weighted by Crippen LogP contribution is -2.71. The van der Waals surface area contributed by atoms with E-state index in [0.717, 1.165) is 21.4 Å². The van der Waals surface area contributed by atoms with Gasteiger partial charge in [-0.2, -0.15) is 4.57 Å². The van der Waals surface area contributed by atoms with Crippen molar-refractivity contribution in [3.63, 3.8) is 0 Å². The van der Waals surface area contributed by atoms with Crippen molar-refractivity contribution in [2.45, 2.75) is 18.0 Å². The summed E-state index contributed by atoms with van der Waals surface area (Å²) in [6.07, 6.45) is 3.85. The number of nitrogens with zero attached hydrogens (tertiary/aromatic N) is 4. The zero-order chi connectivity index (χ0) is 24.7. The van der Waals surface area contributed by atoms with Gasteiger partial charge in [0.05, 0.1) is 4.70 Å². The van der Waals surface area contributed by atoms with E-state index in [0.29, 0.717) is 17.9 Å². The van der Waals surface area contributed by atoms with Gasteiger partial charge in [-0.15, -0.1) is 34.4 Å². The third-order valence-corrected chi connectivity index (χ3v) is 8.41. The van der Waals surface area contributed by atoms with Crippen molar-refractivity contribution < 1.29 is 28.9 Å². The highest BCUT2D eigenvalue weighted by atomic mass is 32.2. The molecule has 180 valence electrons. The van der Waals surface area contributed by atoms with Crippen molar-refractivity contribution in [3.05, 3.63) is 52.3 Å². The molecule has 0 radical (unpaired) electrons. The SMILES string of the molecule is CO/N=C(\C(=O)NC1C(=O)N2C(C(=O)O)=C(C[n+]3ccc4ccsc4c3)CS[C@H]12)c1csc(N)n1. The minimum atomic E-state index is -1.18. The maximum Gasteiger partial charge on any atom is 0.352 e. The first-order valence-corrected chi connectivity index (χ1v) is 13.1. The highest BCUT2D eigenvalue weighted by Crippen LogP contribution is 2.40. The highest BCUT2D eigenvalue weighted by molar-refractivity contribution is 8.00. The van der Waals surface area contributed by atoms with Crippen LogP contribution >= 0.6 is 34.4 Å². The first kappa shape index (κ1) is 23.3. The maximum absolute atomic E-state index is 13.0. The van der Waals surface area contributed by atoms with E-state index in [1.54, 1.807) is 16.7 Å². The normalized spacial score (nSPS) is 20.0. The Morgan fingerprint density at radius 2 is 2.23 bits per heavy atom. The van der Waals surface area contributed by atoms with Crippen molar-refractivity contribution in [1.82, 2.24) is 15.2 Å². The largest absolute Gasteiger partial charge is 0.477 e. The van der Waals surface area contributed by atoms with E-state index in [2.05, 4.69) is 15.5 Å². The first-order valence-electron chi connectivity index (χ1n) is 10.3. The minimum absolute atomic E-state index is 0.0407. The van der Waals surface area contributed by atoms with Crippen molar-refractivity contribution in [1.29, 1.82) is 0 Å². The van der Waals surface area contributed by atoms with Crippen LogP contribution in [0.25, 0.3) is 10.1 Å². The summed E-state index contributed by atoms with van der Waals surface area (Å²) in [7, 11) is 1.29. The molecule has 1 saturated heterocycles. The van der Waals surface area contributed by atoms with Gasteiger partial charge in [-0.05, 0) is 11.4 Å². The molecule has 14 heteroatoms. The molecular weight excluding hydrogens is 512 g/mol. The number of β-lactam (4-membered cyclic amide) rings is 1. The van der Waals surface area contributed by atoms with Crippen LogP contribution in [0.5, 0.6) is 0 Å². The fourth-order valence-electron chi connectivity index (χ4n) is 3.97. The number of nitrogens with one attached hydrogen (secondary N) is 1. The van der Waals surface area contributed by atoms with Gasteiger partial charge < -0.3 is 21.0 Å². The Kier molecular flexibility index (Phi) is 6.17. The summed E-state index contributed by atoms with van der Waals surface area (Å²) in [6.45, 7) is 0.339. The van der Waals surface area contributed by atoms with Crippen molar-refractivity contribution in [2.24, 2.45) is 5.16 Å². The Morgan fingerprint density at radius 3 is 2.94 bits per heavy atom. The lowest BCUT2D eigenvalue weighted by Gasteiger charge is -2.49. The number of amides is 2. The number of nitrogen functional groups attached to an aromatic ring is 1. The molecular formula is C21H19N6O5S3+. The Morgan fingerprint density at radius 1 is 1.40 bits per heavy atom. The van der Waals surface area contributed by atoms with E-state index in [4.69, 9.17) is 10.6 Å². The summed E-state index contributed by atoms with van der Waals surface area (Å²) in [5.41, 5.74) is 6.33. The second kappa shape index (κ2) is 9.28. The standard InChI is InChI=1S/C21H18N6O5S3/c1-32-25-14(12-9-35-21(22)23-12)17(28)24-15-18(29)27-16(20(30)31)11(8-34-19(15)27)6-26-4-2-10-3-5-33-13(10)7-26/h2-5,7,9,15,19H,6,8H2,1H3,(H3-,22,23,24,28,30,31)/p+1/b25-14-/t15?,19-/m1/s1. The van der Waals surface area contributed by atoms with E-state index in [9.17, 15) is 19.5 Å². The average Bonchev–Trinajstić information content (AvgIpc) is 3.48. The Bertz CT molecular complexity index is 1410. The number of nitrogens with two attached hydrogens (primary N) is 1. The average molecular weight is 532 g/mol. The molecule has 2 atom stereocenters. The van der Waals surface area contributed by atoms with Gasteiger partial charge in [0, 0.05) is 28.2 Å². The van der Waals surface area contributed by atoms with Crippen LogP contribution in [0.4, 0.5) is 5.13 Å². The Hall–Kier alpha value is -3.49. The lowest BCUT2D eigenvalue weighted by atomic mass is 10.0. The zero-order valence-electron chi connectivity index (χ0n) is 18.2. The predicted molar refractivity (Wildman–Crippen MR) is 132 cm³/mol. The van der Waals surface area contributed by atoms with Gasteiger partial charge in [0.2, 0.25) is 0 Å². The van der Waals surface area contributed by atoms with Crippen molar-refractivity contribution in [2.75, 3.05) is 18.6 Å². The Labute approximate surface area is 210 Å². The molecule has 35 heavy (non-hydrogen) atoms. The number of thiazole rings is 1. The van der Waals surface area contributed by atoms with Gasteiger partial charge in [0.1, 0.15) is 29.9 Å². The van der Waals surface area contributed by atoms with Crippen LogP contribution < -0.4 is 15.6 Å². The number of carbonyl (C=O) groups excluding carboxylic acids is 2. The van der Waals surface area contributed by atoms with Crippen LogP contribution in [0.1, 0.15) is 5.69 Å². The van der Waals surface area contributed by atoms with Gasteiger partial charge in [-0.25, -0.2) is 9.78 Å². The molecule has 1 fully saturated rings. The molecule has 3 aromatic heterocycles. The fraction of sp³-hybridized carbons (Fsp3) is 0.238. The fourth-order valence-corrected chi connectivity index (χ4v) is 6.68. The summed E-state index contributed by atoms with van der Waals surface area (Å²) < 4.78 is 3.00. The molecule has 5 heterocycles. The molecule has 2 aliphatic heterocycles. The van der Waals surface area contributed by atoms with Crippen molar-refractivity contribution in [3.8, 4) is 0 Å². The van der Waals surface area contributed by atoms with Crippen molar-refractivity contribution >= 4 is 73.1 Å². The molecule has 4 N–H and O–H groups in total. The number of carbonyl (C=O) groups is 3. The number of hydrogen-bond acceptors (Lipinski definition) is 10. The van der Waals surface area contributed by atoms with E-state index in [1.807, 2.05) is 34.5 Å². The molecule has 0 bridgehead atoms. The number of carboxylic acid groups (broad SMARTS) is 1. The number of hydrogen-bond donors (Lipinski definition) is 3. The summed E-state index contributed by atoms with van der Waals surface area (Å²) in [5.74, 6) is -1.94. The van der Waals surface area contributed by atoms with Crippen LogP contribution in [0, 0.1) is 0 Å². The van der Waals surface area contributed by atoms with E-state index in [1.165, 1.54) is 23.8 Å². The van der Waals surface area contributed by atoms with Crippen LogP contribution in [0.3, 0.4) is 0 Å². The molecule has 2 aliphatic rings. The summed E-state index contributed by atoms with van der Waals surface area (Å²) in [5, 5.41) is 20.7. The van der Waals surface area contributed by atoms with Crippen LogP contribution in [-0.4, -0.2) is 62.8 Å². The third-order valence-electron chi connectivity index (χ3n) is 5.53. The molecule has 11 nitrogen and oxygen atoms in total. The number of anilines is 1. The number of thioether (sulfide) groups is 1. The minimum Gasteiger partial charge on any atom is -0.477 e. The second-order valence-corrected chi connectivity index (χ2v) is 10.6. The number of carboxylic acids is 1. The second-order valence-electron chi connectivity index (χ2n) is 7.67. The number of fused-ring (bicyclic) bond motifs is 2. The predicted octanol–water partition coefficient (Wildman–Crippen LogP) is 1.02. The van der Waals surface area contributed by atoms with Gasteiger partial charge in [-0.3, -0.25) is 14.5 Å². The van der Waals surface area contributed by atoms with Crippen LogP contribution in [0.2, 0.25) is 0 Å². The van der Waals surface area contributed by atoms with Gasteiger partial charge in [0.25, 0.3) is 11.8 Å². The van der Waals surface area contributed by atoms with Gasteiger partial charge in [0.15, 0.2) is 29.8 Å². The monoisotopic (exact) mass is 531 g/mol. The summed E-state index contributed by atoms with van der Waals surface area (Å²) in [4.78, 5) is 48.1. The first-order chi connectivity index (χ1) is 16.9. The number of rotatable bonds is 7. The molecule has 2 amide bonds. The highest BCUT2D eigenvalue weighted by Gasteiger charge is 2.54. The van der Waals surface area contributed by atoms with Gasteiger partial charge >= 0.3 is 5.97 Å². The van der Waals surface area contributed by atoms with E-state index < -0.39 is 29.2 Å². The number of pyridine rings is 1. The quantitative estimate of drug-likeness (QED) is 0.177. The molecule has 3 aromatic rings. The summed E-state index contributed by atoms with van der Waals surface area (Å²) in [6, 6.07) is 3.09. The van der Waals surface area contributed by atoms with E-state index in [-0.39, 0.29) is 22.2 Å². The van der Waals surface area contributed by atoms with Gasteiger partial charge in [-0.1, -0.05) is 5.16 Å². The molecule has 0 aliphatic carbocycles. The molecule has 0 spiro atoms. The Balaban J connectivity index is 1.36. The number of oxime groups is 1. The number of aromatic nitrogens is 2. The molecule has 0 aromatic carbocycles. The molecule has 5 rings (SSSR count). The number of aliphatic carboxylic acids is 1. The van der Waals surface area contributed by atoms with Crippen LogP contribution in [-0.2, 0) is 25.8 Å². The topological polar surface area (TPSA) is 151 Å². The van der Waals surface area contributed by atoms with Crippen LogP contribution in [0.15, 0.2) is 51.7 Å². The zero-order valence-corrected chi connectivity index (χ0v) is 20.7.